The minimum absolute atomic E-state index is 0.0115. The highest BCUT2D eigenvalue weighted by Crippen LogP contribution is 2.45. The number of amides is 1. The smallest absolute Gasteiger partial charge is 0.229 e. The summed E-state index contributed by atoms with van der Waals surface area (Å²) in [5.74, 6) is 2.35. The third-order valence-corrected chi connectivity index (χ3v) is 6.70. The van der Waals surface area contributed by atoms with Gasteiger partial charge in [-0.05, 0) is 30.3 Å². The van der Waals surface area contributed by atoms with Crippen LogP contribution in [-0.2, 0) is 4.79 Å². The van der Waals surface area contributed by atoms with E-state index in [1.54, 1.807) is 32.3 Å². The first-order valence-electron chi connectivity index (χ1n) is 9.78. The number of ether oxygens (including phenoxy) is 3. The number of carbonyl (C=O) groups is 1. The monoisotopic (exact) mass is 437 g/mol. The lowest BCUT2D eigenvalue weighted by Crippen LogP contribution is -2.47. The SMILES string of the molecule is COc1ccc(N2CSC3=C(C#N)C(c4ccc(OC)cc4OC)CC(=O)N3C2)cc1. The van der Waals surface area contributed by atoms with Crippen LogP contribution in [0.1, 0.15) is 17.9 Å². The lowest BCUT2D eigenvalue weighted by molar-refractivity contribution is -0.129. The molecule has 1 fully saturated rings. The molecular formula is C23H23N3O4S. The third kappa shape index (κ3) is 3.89. The molecule has 0 spiro atoms. The van der Waals surface area contributed by atoms with Crippen LogP contribution in [0.2, 0.25) is 0 Å². The molecule has 2 aromatic carbocycles. The van der Waals surface area contributed by atoms with Gasteiger partial charge in [-0.15, -0.1) is 0 Å². The molecule has 0 aromatic heterocycles. The molecule has 0 radical (unpaired) electrons. The summed E-state index contributed by atoms with van der Waals surface area (Å²) in [5.41, 5.74) is 2.42. The van der Waals surface area contributed by atoms with E-state index in [4.69, 9.17) is 14.2 Å². The maximum atomic E-state index is 13.1. The maximum absolute atomic E-state index is 13.1. The van der Waals surface area contributed by atoms with Gasteiger partial charge < -0.3 is 19.1 Å². The Hall–Kier alpha value is -3.31. The molecular weight excluding hydrogens is 414 g/mol. The van der Waals surface area contributed by atoms with Gasteiger partial charge >= 0.3 is 0 Å². The molecule has 160 valence electrons. The minimum atomic E-state index is -0.343. The second kappa shape index (κ2) is 8.82. The van der Waals surface area contributed by atoms with Gasteiger partial charge in [-0.2, -0.15) is 5.26 Å². The normalized spacial score (nSPS) is 18.4. The van der Waals surface area contributed by atoms with Crippen LogP contribution in [0, 0.1) is 11.3 Å². The van der Waals surface area contributed by atoms with Gasteiger partial charge in [0.15, 0.2) is 0 Å². The van der Waals surface area contributed by atoms with E-state index in [9.17, 15) is 10.1 Å². The van der Waals surface area contributed by atoms with Crippen LogP contribution in [0.15, 0.2) is 53.1 Å². The van der Waals surface area contributed by atoms with Crippen molar-refractivity contribution in [2.75, 3.05) is 38.8 Å². The molecule has 2 aliphatic rings. The Morgan fingerprint density at radius 1 is 1.03 bits per heavy atom. The van der Waals surface area contributed by atoms with Crippen molar-refractivity contribution in [2.45, 2.75) is 12.3 Å². The second-order valence-electron chi connectivity index (χ2n) is 7.17. The summed E-state index contributed by atoms with van der Waals surface area (Å²) in [4.78, 5) is 16.9. The van der Waals surface area contributed by atoms with Crippen molar-refractivity contribution < 1.29 is 19.0 Å². The quantitative estimate of drug-likeness (QED) is 0.701. The number of allylic oxidation sites excluding steroid dienone is 1. The van der Waals surface area contributed by atoms with Crippen molar-refractivity contribution in [1.29, 1.82) is 5.26 Å². The number of fused-ring (bicyclic) bond motifs is 1. The third-order valence-electron chi connectivity index (χ3n) is 5.55. The van der Waals surface area contributed by atoms with Gasteiger partial charge in [-0.1, -0.05) is 17.8 Å². The van der Waals surface area contributed by atoms with Gasteiger partial charge in [0.25, 0.3) is 0 Å². The zero-order chi connectivity index (χ0) is 22.0. The molecule has 1 saturated heterocycles. The molecule has 4 rings (SSSR count). The van der Waals surface area contributed by atoms with Crippen LogP contribution in [0.5, 0.6) is 17.2 Å². The van der Waals surface area contributed by atoms with Gasteiger partial charge in [-0.25, -0.2) is 0 Å². The Morgan fingerprint density at radius 2 is 1.74 bits per heavy atom. The topological polar surface area (TPSA) is 75.0 Å². The maximum Gasteiger partial charge on any atom is 0.229 e. The fraction of sp³-hybridized carbons (Fsp3) is 0.304. The second-order valence-corrected chi connectivity index (χ2v) is 8.10. The van der Waals surface area contributed by atoms with Gasteiger partial charge in [-0.3, -0.25) is 9.69 Å². The fourth-order valence-corrected chi connectivity index (χ4v) is 5.06. The minimum Gasteiger partial charge on any atom is -0.497 e. The standard InChI is InChI=1S/C23H23N3O4S/c1-28-16-6-4-15(5-7-16)25-13-26-22(27)11-19(20(12-24)23(26)31-14-25)18-9-8-17(29-2)10-21(18)30-3/h4-10,19H,11,13-14H2,1-3H3. The summed E-state index contributed by atoms with van der Waals surface area (Å²) < 4.78 is 16.0. The highest BCUT2D eigenvalue weighted by Gasteiger charge is 2.39. The molecule has 2 heterocycles. The first kappa shape index (κ1) is 20.9. The van der Waals surface area contributed by atoms with E-state index in [-0.39, 0.29) is 18.2 Å². The number of hydrogen-bond donors (Lipinski definition) is 0. The van der Waals surface area contributed by atoms with Gasteiger partial charge in [0.2, 0.25) is 5.91 Å². The zero-order valence-electron chi connectivity index (χ0n) is 17.6. The molecule has 1 unspecified atom stereocenters. The summed E-state index contributed by atoms with van der Waals surface area (Å²) in [7, 11) is 4.80. The number of nitrogens with zero attached hydrogens (tertiary/aromatic N) is 3. The van der Waals surface area contributed by atoms with E-state index in [0.717, 1.165) is 22.0 Å². The van der Waals surface area contributed by atoms with E-state index >= 15 is 0 Å². The highest BCUT2D eigenvalue weighted by molar-refractivity contribution is 8.03. The van der Waals surface area contributed by atoms with Crippen molar-refractivity contribution in [1.82, 2.24) is 4.90 Å². The predicted octanol–water partition coefficient (Wildman–Crippen LogP) is 3.93. The van der Waals surface area contributed by atoms with Crippen LogP contribution >= 0.6 is 11.8 Å². The number of methoxy groups -OCH3 is 3. The van der Waals surface area contributed by atoms with Crippen LogP contribution in [0.25, 0.3) is 0 Å². The Labute approximate surface area is 185 Å². The van der Waals surface area contributed by atoms with Crippen LogP contribution in [-0.4, -0.2) is 44.7 Å². The lowest BCUT2D eigenvalue weighted by Gasteiger charge is -2.42. The summed E-state index contributed by atoms with van der Waals surface area (Å²) in [6.07, 6.45) is 0.214. The lowest BCUT2D eigenvalue weighted by atomic mass is 9.86. The molecule has 1 amide bonds. The number of nitriles is 1. The molecule has 0 saturated carbocycles. The Kier molecular flexibility index (Phi) is 5.96. The summed E-state index contributed by atoms with van der Waals surface area (Å²) >= 11 is 1.51. The van der Waals surface area contributed by atoms with E-state index in [0.29, 0.717) is 29.6 Å². The van der Waals surface area contributed by atoms with Crippen molar-refractivity contribution >= 4 is 23.4 Å². The molecule has 8 heteroatoms. The molecule has 1 atom stereocenters. The van der Waals surface area contributed by atoms with Crippen molar-refractivity contribution in [3.05, 3.63) is 58.6 Å². The van der Waals surface area contributed by atoms with Crippen molar-refractivity contribution in [3.8, 4) is 23.3 Å². The zero-order valence-corrected chi connectivity index (χ0v) is 18.4. The number of thioether (sulfide) groups is 1. The fourth-order valence-electron chi connectivity index (χ4n) is 3.89. The molecule has 0 bridgehead atoms. The van der Waals surface area contributed by atoms with Crippen LogP contribution in [0.3, 0.4) is 0 Å². The van der Waals surface area contributed by atoms with E-state index < -0.39 is 0 Å². The van der Waals surface area contributed by atoms with Crippen molar-refractivity contribution in [3.63, 3.8) is 0 Å². The number of hydrogen-bond acceptors (Lipinski definition) is 7. The first-order valence-corrected chi connectivity index (χ1v) is 10.8. The summed E-state index contributed by atoms with van der Waals surface area (Å²) in [5, 5.41) is 10.7. The molecule has 2 aromatic rings. The van der Waals surface area contributed by atoms with E-state index in [1.165, 1.54) is 11.8 Å². The van der Waals surface area contributed by atoms with Crippen LogP contribution < -0.4 is 19.1 Å². The largest absolute Gasteiger partial charge is 0.497 e. The molecule has 31 heavy (non-hydrogen) atoms. The predicted molar refractivity (Wildman–Crippen MR) is 119 cm³/mol. The molecule has 2 aliphatic heterocycles. The summed E-state index contributed by atoms with van der Waals surface area (Å²) in [6, 6.07) is 15.6. The summed E-state index contributed by atoms with van der Waals surface area (Å²) in [6.45, 7) is 0.408. The highest BCUT2D eigenvalue weighted by atomic mass is 32.2. The van der Waals surface area contributed by atoms with Crippen LogP contribution in [0.4, 0.5) is 5.69 Å². The number of benzene rings is 2. The average molecular weight is 438 g/mol. The Balaban J connectivity index is 1.66. The Bertz CT molecular complexity index is 1060. The van der Waals surface area contributed by atoms with E-state index in [1.807, 2.05) is 36.4 Å². The molecule has 0 aliphatic carbocycles. The van der Waals surface area contributed by atoms with E-state index in [2.05, 4.69) is 11.0 Å². The number of carbonyl (C=O) groups excluding carboxylic acids is 1. The average Bonchev–Trinajstić information content (AvgIpc) is 2.83. The first-order chi connectivity index (χ1) is 15.1. The van der Waals surface area contributed by atoms with Crippen molar-refractivity contribution in [2.24, 2.45) is 0 Å². The van der Waals surface area contributed by atoms with Gasteiger partial charge in [0.1, 0.15) is 17.2 Å². The molecule has 7 nitrogen and oxygen atoms in total. The molecule has 0 N–H and O–H groups in total. The Morgan fingerprint density at radius 3 is 2.39 bits per heavy atom. The number of anilines is 1. The van der Waals surface area contributed by atoms with Gasteiger partial charge in [0, 0.05) is 29.7 Å². The van der Waals surface area contributed by atoms with Gasteiger partial charge in [0.05, 0.1) is 50.5 Å². The number of rotatable bonds is 5.